The molecule has 0 bridgehead atoms. The maximum absolute atomic E-state index is 12.1. The van der Waals surface area contributed by atoms with E-state index in [-0.39, 0.29) is 11.4 Å². The van der Waals surface area contributed by atoms with Crippen molar-refractivity contribution in [1.29, 1.82) is 0 Å². The molecule has 1 aromatic carbocycles. The average molecular weight is 258 g/mol. The van der Waals surface area contributed by atoms with Gasteiger partial charge in [-0.2, -0.15) is 0 Å². The molecule has 1 aromatic rings. The first-order chi connectivity index (χ1) is 9.24. The molecule has 0 radical (unpaired) electrons. The molecule has 0 atom stereocenters. The Morgan fingerprint density at radius 3 is 2.53 bits per heavy atom. The summed E-state index contributed by atoms with van der Waals surface area (Å²) in [6.45, 7) is 3.84. The minimum absolute atomic E-state index is 0.0892. The summed E-state index contributed by atoms with van der Waals surface area (Å²) < 4.78 is 5.42. The zero-order valence-corrected chi connectivity index (χ0v) is 11.4. The molecule has 1 aliphatic rings. The van der Waals surface area contributed by atoms with E-state index in [2.05, 4.69) is 6.58 Å². The van der Waals surface area contributed by atoms with E-state index in [1.165, 1.54) is 19.3 Å². The van der Waals surface area contributed by atoms with Gasteiger partial charge in [-0.15, -0.1) is 6.58 Å². The summed E-state index contributed by atoms with van der Waals surface area (Å²) in [6, 6.07) is 9.31. The van der Waals surface area contributed by atoms with Gasteiger partial charge in [-0.05, 0) is 36.8 Å². The van der Waals surface area contributed by atoms with Gasteiger partial charge in [-0.3, -0.25) is 4.79 Å². The number of carbonyl (C=O) groups is 1. The van der Waals surface area contributed by atoms with Gasteiger partial charge >= 0.3 is 5.97 Å². The van der Waals surface area contributed by atoms with Crippen LogP contribution in [0.5, 0.6) is 5.75 Å². The summed E-state index contributed by atoms with van der Waals surface area (Å²) in [4.78, 5) is 12.1. The van der Waals surface area contributed by atoms with E-state index in [1.54, 1.807) is 0 Å². The van der Waals surface area contributed by atoms with Crippen LogP contribution in [0.1, 0.15) is 44.9 Å². The van der Waals surface area contributed by atoms with Crippen molar-refractivity contribution in [2.75, 3.05) is 0 Å². The van der Waals surface area contributed by atoms with E-state index in [0.29, 0.717) is 12.2 Å². The number of benzene rings is 1. The summed E-state index contributed by atoms with van der Waals surface area (Å²) in [5.74, 6) is 0.520. The summed E-state index contributed by atoms with van der Waals surface area (Å²) in [5.41, 5.74) is 0.0892. The van der Waals surface area contributed by atoms with E-state index in [0.717, 1.165) is 19.3 Å². The minimum atomic E-state index is -0.116. The molecule has 0 unspecified atom stereocenters. The lowest BCUT2D eigenvalue weighted by Crippen LogP contribution is -2.28. The first-order valence-corrected chi connectivity index (χ1v) is 7.11. The monoisotopic (exact) mass is 258 g/mol. The Kier molecular flexibility index (Phi) is 4.78. The Balaban J connectivity index is 1.97. The van der Waals surface area contributed by atoms with Crippen LogP contribution < -0.4 is 4.74 Å². The van der Waals surface area contributed by atoms with Gasteiger partial charge in [0.05, 0.1) is 6.42 Å². The number of rotatable bonds is 5. The first-order valence-electron chi connectivity index (χ1n) is 7.11. The molecule has 0 N–H and O–H groups in total. The van der Waals surface area contributed by atoms with Crippen LogP contribution in [0.15, 0.2) is 43.0 Å². The number of para-hydroxylation sites is 1. The maximum Gasteiger partial charge on any atom is 0.311 e. The SMILES string of the molecule is C=CCC1(CC(=O)Oc2ccccc2)CCCCC1. The lowest BCUT2D eigenvalue weighted by atomic mass is 9.70. The first kappa shape index (κ1) is 13.9. The van der Waals surface area contributed by atoms with Crippen molar-refractivity contribution >= 4 is 5.97 Å². The number of allylic oxidation sites excluding steroid dienone is 1. The van der Waals surface area contributed by atoms with Crippen molar-refractivity contribution in [1.82, 2.24) is 0 Å². The van der Waals surface area contributed by atoms with Crippen LogP contribution in [-0.2, 0) is 4.79 Å². The maximum atomic E-state index is 12.1. The van der Waals surface area contributed by atoms with E-state index in [1.807, 2.05) is 36.4 Å². The number of esters is 1. The third kappa shape index (κ3) is 3.95. The smallest absolute Gasteiger partial charge is 0.311 e. The molecular formula is C17H22O2. The van der Waals surface area contributed by atoms with E-state index < -0.39 is 0 Å². The van der Waals surface area contributed by atoms with Crippen molar-refractivity contribution in [2.45, 2.75) is 44.9 Å². The van der Waals surface area contributed by atoms with Gasteiger partial charge in [0.2, 0.25) is 0 Å². The molecule has 0 aliphatic heterocycles. The van der Waals surface area contributed by atoms with Gasteiger partial charge in [0.25, 0.3) is 0 Å². The van der Waals surface area contributed by atoms with Crippen molar-refractivity contribution in [3.05, 3.63) is 43.0 Å². The normalized spacial score (nSPS) is 17.7. The van der Waals surface area contributed by atoms with Crippen LogP contribution in [0, 0.1) is 5.41 Å². The summed E-state index contributed by atoms with van der Waals surface area (Å²) in [6.07, 6.45) is 9.31. The van der Waals surface area contributed by atoms with E-state index in [9.17, 15) is 4.79 Å². The highest BCUT2D eigenvalue weighted by Gasteiger charge is 2.33. The van der Waals surface area contributed by atoms with Crippen LogP contribution in [-0.4, -0.2) is 5.97 Å². The molecule has 0 heterocycles. The Morgan fingerprint density at radius 1 is 1.21 bits per heavy atom. The van der Waals surface area contributed by atoms with E-state index >= 15 is 0 Å². The molecule has 0 amide bonds. The third-order valence-corrected chi connectivity index (χ3v) is 3.99. The second kappa shape index (κ2) is 6.55. The molecule has 102 valence electrons. The number of ether oxygens (including phenoxy) is 1. The van der Waals surface area contributed by atoms with Crippen molar-refractivity contribution in [3.63, 3.8) is 0 Å². The van der Waals surface area contributed by atoms with E-state index in [4.69, 9.17) is 4.74 Å². The molecule has 1 fully saturated rings. The number of hydrogen-bond donors (Lipinski definition) is 0. The fraction of sp³-hybridized carbons (Fsp3) is 0.471. The standard InChI is InChI=1S/C17H22O2/c1-2-11-17(12-7-4-8-13-17)14-16(18)19-15-9-5-3-6-10-15/h2-3,5-6,9-10H,1,4,7-8,11-14H2. The molecule has 2 rings (SSSR count). The Morgan fingerprint density at radius 2 is 1.89 bits per heavy atom. The third-order valence-electron chi connectivity index (χ3n) is 3.99. The highest BCUT2D eigenvalue weighted by molar-refractivity contribution is 5.73. The Bertz CT molecular complexity index is 416. The quantitative estimate of drug-likeness (QED) is 0.441. The lowest BCUT2D eigenvalue weighted by molar-refractivity contribution is -0.137. The fourth-order valence-corrected chi connectivity index (χ4v) is 3.02. The van der Waals surface area contributed by atoms with Gasteiger partial charge < -0.3 is 4.74 Å². The topological polar surface area (TPSA) is 26.3 Å². The summed E-state index contributed by atoms with van der Waals surface area (Å²) in [7, 11) is 0. The zero-order valence-electron chi connectivity index (χ0n) is 11.4. The zero-order chi connectivity index (χ0) is 13.6. The van der Waals surface area contributed by atoms with Gasteiger partial charge in [0, 0.05) is 0 Å². The fourth-order valence-electron chi connectivity index (χ4n) is 3.02. The van der Waals surface area contributed by atoms with Crippen LogP contribution in [0.25, 0.3) is 0 Å². The van der Waals surface area contributed by atoms with Crippen LogP contribution in [0.2, 0.25) is 0 Å². The summed E-state index contributed by atoms with van der Waals surface area (Å²) in [5, 5.41) is 0. The molecule has 19 heavy (non-hydrogen) atoms. The van der Waals surface area contributed by atoms with Crippen molar-refractivity contribution in [3.8, 4) is 5.75 Å². The van der Waals surface area contributed by atoms with Crippen molar-refractivity contribution in [2.24, 2.45) is 5.41 Å². The lowest BCUT2D eigenvalue weighted by Gasteiger charge is -2.35. The number of carbonyl (C=O) groups excluding carboxylic acids is 1. The minimum Gasteiger partial charge on any atom is -0.427 e. The molecule has 1 aliphatic carbocycles. The molecule has 0 saturated heterocycles. The van der Waals surface area contributed by atoms with Gasteiger partial charge in [-0.25, -0.2) is 0 Å². The number of hydrogen-bond acceptors (Lipinski definition) is 2. The predicted octanol–water partition coefficient (Wildman–Crippen LogP) is 4.51. The Hall–Kier alpha value is -1.57. The van der Waals surface area contributed by atoms with Crippen LogP contribution >= 0.6 is 0 Å². The largest absolute Gasteiger partial charge is 0.427 e. The predicted molar refractivity (Wildman–Crippen MR) is 77.0 cm³/mol. The Labute approximate surface area is 115 Å². The summed E-state index contributed by atoms with van der Waals surface area (Å²) >= 11 is 0. The van der Waals surface area contributed by atoms with Crippen LogP contribution in [0.3, 0.4) is 0 Å². The average Bonchev–Trinajstić information content (AvgIpc) is 2.40. The molecular weight excluding hydrogens is 236 g/mol. The molecule has 2 heteroatoms. The molecule has 0 aromatic heterocycles. The van der Waals surface area contributed by atoms with Gasteiger partial charge in [0.15, 0.2) is 0 Å². The second-order valence-electron chi connectivity index (χ2n) is 5.52. The second-order valence-corrected chi connectivity index (χ2v) is 5.52. The van der Waals surface area contributed by atoms with Crippen LogP contribution in [0.4, 0.5) is 0 Å². The van der Waals surface area contributed by atoms with Crippen molar-refractivity contribution < 1.29 is 9.53 Å². The van der Waals surface area contributed by atoms with Gasteiger partial charge in [-0.1, -0.05) is 43.5 Å². The molecule has 2 nitrogen and oxygen atoms in total. The highest BCUT2D eigenvalue weighted by Crippen LogP contribution is 2.42. The van der Waals surface area contributed by atoms with Gasteiger partial charge in [0.1, 0.15) is 5.75 Å². The molecule has 1 saturated carbocycles. The highest BCUT2D eigenvalue weighted by atomic mass is 16.5. The molecule has 0 spiro atoms.